The van der Waals surface area contributed by atoms with Crippen molar-refractivity contribution < 1.29 is 19.1 Å². The van der Waals surface area contributed by atoms with Crippen LogP contribution in [0.5, 0.6) is 5.75 Å². The predicted octanol–water partition coefficient (Wildman–Crippen LogP) is 5.31. The van der Waals surface area contributed by atoms with Gasteiger partial charge >= 0.3 is 6.03 Å². The molecule has 2 aliphatic rings. The fourth-order valence-corrected chi connectivity index (χ4v) is 5.72. The number of benzene rings is 2. The van der Waals surface area contributed by atoms with Crippen LogP contribution in [0, 0.1) is 5.92 Å². The molecule has 8 nitrogen and oxygen atoms in total. The van der Waals surface area contributed by atoms with Crippen LogP contribution in [0.2, 0.25) is 0 Å². The summed E-state index contributed by atoms with van der Waals surface area (Å²) in [6.07, 6.45) is 8.15. The molecule has 0 unspecified atom stereocenters. The number of nitrogens with zero attached hydrogens (tertiary/aromatic N) is 2. The molecule has 2 saturated heterocycles. The number of carbonyl (C=O) groups excluding carboxylic acids is 3. The molecule has 0 saturated carbocycles. The molecule has 42 heavy (non-hydrogen) atoms. The Morgan fingerprint density at radius 1 is 0.714 bits per heavy atom. The van der Waals surface area contributed by atoms with Crippen LogP contribution in [0.4, 0.5) is 4.79 Å². The molecule has 8 heteroatoms. The van der Waals surface area contributed by atoms with Crippen molar-refractivity contribution in [3.8, 4) is 5.75 Å². The Morgan fingerprint density at radius 2 is 1.31 bits per heavy atom. The molecule has 4 amide bonds. The Kier molecular flexibility index (Phi) is 12.1. The third kappa shape index (κ3) is 9.78. The van der Waals surface area contributed by atoms with Gasteiger partial charge in [-0.05, 0) is 67.7 Å². The minimum Gasteiger partial charge on any atom is -0.489 e. The zero-order valence-electron chi connectivity index (χ0n) is 25.4. The van der Waals surface area contributed by atoms with Crippen LogP contribution < -0.4 is 15.4 Å². The Labute approximate surface area is 251 Å². The molecule has 2 aromatic rings. The van der Waals surface area contributed by atoms with Crippen molar-refractivity contribution in [3.05, 3.63) is 65.7 Å². The summed E-state index contributed by atoms with van der Waals surface area (Å²) in [5.74, 6) is 0.586. The standard InChI is InChI=1S/C34H48N4O4/c1-26(2)23-30(36-34(41)38-21-9-3-4-10-22-38)32(39)35-31(33(40)37-19-11-6-12-20-37)24-27-15-17-29(18-16-27)42-25-28-13-7-5-8-14-28/h5,7-8,13-18,26,30-31H,3-4,6,9-12,19-25H2,1-2H3,(H,35,39)(H,36,41)/t30-,31-/m0/s1. The molecule has 2 aliphatic heterocycles. The monoisotopic (exact) mass is 576 g/mol. The Bertz CT molecular complexity index is 1120. The average molecular weight is 577 g/mol. The molecule has 4 rings (SSSR count). The van der Waals surface area contributed by atoms with Gasteiger partial charge in [0.25, 0.3) is 0 Å². The van der Waals surface area contributed by atoms with E-state index in [1.165, 1.54) is 0 Å². The molecular weight excluding hydrogens is 528 g/mol. The van der Waals surface area contributed by atoms with Crippen LogP contribution in [0.1, 0.15) is 76.3 Å². The van der Waals surface area contributed by atoms with E-state index in [2.05, 4.69) is 10.6 Å². The second kappa shape index (κ2) is 16.2. The van der Waals surface area contributed by atoms with Crippen molar-refractivity contribution in [1.29, 1.82) is 0 Å². The molecule has 0 radical (unpaired) electrons. The zero-order valence-corrected chi connectivity index (χ0v) is 25.4. The molecule has 2 atom stereocenters. The van der Waals surface area contributed by atoms with Gasteiger partial charge in [0.1, 0.15) is 24.4 Å². The first-order chi connectivity index (χ1) is 20.4. The molecule has 228 valence electrons. The van der Waals surface area contributed by atoms with E-state index in [9.17, 15) is 14.4 Å². The van der Waals surface area contributed by atoms with Crippen LogP contribution in [-0.4, -0.2) is 65.9 Å². The van der Waals surface area contributed by atoms with Gasteiger partial charge in [-0.25, -0.2) is 4.79 Å². The zero-order chi connectivity index (χ0) is 29.7. The summed E-state index contributed by atoms with van der Waals surface area (Å²) < 4.78 is 5.93. The first-order valence-electron chi connectivity index (χ1n) is 15.8. The second-order valence-corrected chi connectivity index (χ2v) is 12.1. The molecule has 2 fully saturated rings. The minimum absolute atomic E-state index is 0.0606. The molecule has 0 aromatic heterocycles. The van der Waals surface area contributed by atoms with Gasteiger partial charge in [0.15, 0.2) is 0 Å². The number of piperidine rings is 1. The number of ether oxygens (including phenoxy) is 1. The number of urea groups is 1. The van der Waals surface area contributed by atoms with Gasteiger partial charge in [0.05, 0.1) is 0 Å². The van der Waals surface area contributed by atoms with Gasteiger partial charge < -0.3 is 25.2 Å². The van der Waals surface area contributed by atoms with Crippen LogP contribution in [0.3, 0.4) is 0 Å². The molecule has 2 heterocycles. The SMILES string of the molecule is CC(C)C[C@H](NC(=O)N1CCCCCC1)C(=O)N[C@@H](Cc1ccc(OCc2ccccc2)cc1)C(=O)N1CCCCC1. The quantitative estimate of drug-likeness (QED) is 0.380. The normalized spacial score (nSPS) is 17.2. The van der Waals surface area contributed by atoms with Crippen LogP contribution in [-0.2, 0) is 22.6 Å². The number of rotatable bonds is 11. The van der Waals surface area contributed by atoms with Crippen molar-refractivity contribution in [2.75, 3.05) is 26.2 Å². The molecule has 0 spiro atoms. The lowest BCUT2D eigenvalue weighted by atomic mass is 10.00. The highest BCUT2D eigenvalue weighted by atomic mass is 16.5. The van der Waals surface area contributed by atoms with E-state index in [0.717, 1.165) is 61.8 Å². The summed E-state index contributed by atoms with van der Waals surface area (Å²) in [5.41, 5.74) is 2.03. The first-order valence-corrected chi connectivity index (χ1v) is 15.8. The van der Waals surface area contributed by atoms with Gasteiger partial charge in [-0.3, -0.25) is 9.59 Å². The van der Waals surface area contributed by atoms with Crippen LogP contribution in [0.25, 0.3) is 0 Å². The average Bonchev–Trinajstić information content (AvgIpc) is 3.30. The van der Waals surface area contributed by atoms with E-state index in [1.807, 2.05) is 78.2 Å². The lowest BCUT2D eigenvalue weighted by Crippen LogP contribution is -2.57. The van der Waals surface area contributed by atoms with Crippen molar-refractivity contribution in [3.63, 3.8) is 0 Å². The maximum atomic E-state index is 13.7. The smallest absolute Gasteiger partial charge is 0.318 e. The largest absolute Gasteiger partial charge is 0.489 e. The molecular formula is C34H48N4O4. The number of carbonyl (C=O) groups is 3. The number of nitrogens with one attached hydrogen (secondary N) is 2. The van der Waals surface area contributed by atoms with Gasteiger partial charge in [0.2, 0.25) is 11.8 Å². The van der Waals surface area contributed by atoms with Gasteiger partial charge in [-0.15, -0.1) is 0 Å². The van der Waals surface area contributed by atoms with Crippen molar-refractivity contribution in [2.24, 2.45) is 5.92 Å². The topological polar surface area (TPSA) is 91.0 Å². The van der Waals surface area contributed by atoms with E-state index in [0.29, 0.717) is 45.6 Å². The third-order valence-electron chi connectivity index (χ3n) is 8.11. The lowest BCUT2D eigenvalue weighted by molar-refractivity contribution is -0.137. The van der Waals surface area contributed by atoms with Crippen LogP contribution in [0.15, 0.2) is 54.6 Å². The highest BCUT2D eigenvalue weighted by Gasteiger charge is 2.31. The fraction of sp³-hybridized carbons (Fsp3) is 0.559. The predicted molar refractivity (Wildman–Crippen MR) is 165 cm³/mol. The summed E-state index contributed by atoms with van der Waals surface area (Å²) in [7, 11) is 0. The van der Waals surface area contributed by atoms with Crippen molar-refractivity contribution >= 4 is 17.8 Å². The van der Waals surface area contributed by atoms with Crippen molar-refractivity contribution in [2.45, 2.75) is 90.3 Å². The highest BCUT2D eigenvalue weighted by Crippen LogP contribution is 2.18. The number of hydrogen-bond donors (Lipinski definition) is 2. The maximum Gasteiger partial charge on any atom is 0.318 e. The Hall–Kier alpha value is -3.55. The summed E-state index contributed by atoms with van der Waals surface area (Å²) in [5, 5.41) is 6.06. The first kappa shape index (κ1) is 31.4. The third-order valence-corrected chi connectivity index (χ3v) is 8.11. The lowest BCUT2D eigenvalue weighted by Gasteiger charge is -2.32. The highest BCUT2D eigenvalue weighted by molar-refractivity contribution is 5.92. The van der Waals surface area contributed by atoms with Crippen molar-refractivity contribution in [1.82, 2.24) is 20.4 Å². The summed E-state index contributed by atoms with van der Waals surface area (Å²) in [4.78, 5) is 44.2. The number of amides is 4. The van der Waals surface area contributed by atoms with E-state index >= 15 is 0 Å². The van der Waals surface area contributed by atoms with Gasteiger partial charge in [0, 0.05) is 32.6 Å². The minimum atomic E-state index is -0.712. The number of likely N-dealkylation sites (tertiary alicyclic amines) is 2. The maximum absolute atomic E-state index is 13.7. The fourth-order valence-electron chi connectivity index (χ4n) is 5.72. The van der Waals surface area contributed by atoms with E-state index in [-0.39, 0.29) is 23.8 Å². The summed E-state index contributed by atoms with van der Waals surface area (Å²) in [6, 6.07) is 16.1. The van der Waals surface area contributed by atoms with Gasteiger partial charge in [-0.2, -0.15) is 0 Å². The molecule has 0 bridgehead atoms. The van der Waals surface area contributed by atoms with Gasteiger partial charge in [-0.1, -0.05) is 69.2 Å². The summed E-state index contributed by atoms with van der Waals surface area (Å²) >= 11 is 0. The molecule has 2 aromatic carbocycles. The summed E-state index contributed by atoms with van der Waals surface area (Å²) in [6.45, 7) is 7.39. The van der Waals surface area contributed by atoms with E-state index in [4.69, 9.17) is 4.74 Å². The van der Waals surface area contributed by atoms with Crippen LogP contribution >= 0.6 is 0 Å². The second-order valence-electron chi connectivity index (χ2n) is 12.1. The van der Waals surface area contributed by atoms with E-state index < -0.39 is 12.1 Å². The molecule has 2 N–H and O–H groups in total. The molecule has 0 aliphatic carbocycles. The van der Waals surface area contributed by atoms with E-state index in [1.54, 1.807) is 0 Å². The number of hydrogen-bond acceptors (Lipinski definition) is 4. The Balaban J connectivity index is 1.44. The Morgan fingerprint density at radius 3 is 1.93 bits per heavy atom.